The summed E-state index contributed by atoms with van der Waals surface area (Å²) < 4.78 is 5.69. The minimum atomic E-state index is 0.209. The van der Waals surface area contributed by atoms with Crippen LogP contribution in [-0.2, 0) is 6.54 Å². The first-order valence-corrected chi connectivity index (χ1v) is 5.08. The monoisotopic (exact) mass is 194 g/mol. The van der Waals surface area contributed by atoms with Crippen LogP contribution in [0.2, 0.25) is 0 Å². The number of nitrogens with zero attached hydrogens (tertiary/aromatic N) is 1. The molecule has 0 aliphatic rings. The molecular weight excluding hydrogens is 176 g/mol. The van der Waals surface area contributed by atoms with Crippen LogP contribution in [0, 0.1) is 0 Å². The Morgan fingerprint density at radius 2 is 2.36 bits per heavy atom. The zero-order chi connectivity index (χ0) is 10.4. The molecule has 78 valence electrons. The van der Waals surface area contributed by atoms with E-state index in [2.05, 4.69) is 18.8 Å². The van der Waals surface area contributed by atoms with Crippen LogP contribution in [0.5, 0.6) is 5.88 Å². The normalized spacial score (nSPS) is 12.5. The summed E-state index contributed by atoms with van der Waals surface area (Å²) in [7, 11) is 0. The molecule has 0 amide bonds. The molecule has 1 heterocycles. The molecule has 3 heteroatoms. The second-order valence-corrected chi connectivity index (χ2v) is 3.39. The van der Waals surface area contributed by atoms with E-state index < -0.39 is 0 Å². The lowest BCUT2D eigenvalue weighted by atomic mass is 10.2. The van der Waals surface area contributed by atoms with E-state index in [-0.39, 0.29) is 6.10 Å². The Morgan fingerprint density at radius 3 is 3.00 bits per heavy atom. The van der Waals surface area contributed by atoms with Gasteiger partial charge in [-0.1, -0.05) is 19.4 Å². The molecule has 14 heavy (non-hydrogen) atoms. The number of hydrogen-bond donors (Lipinski definition) is 1. The molecule has 0 bridgehead atoms. The lowest BCUT2D eigenvalue weighted by molar-refractivity contribution is 0.199. The number of nitrogens with two attached hydrogens (primary N) is 1. The summed E-state index contributed by atoms with van der Waals surface area (Å²) in [6, 6.07) is 3.82. The fraction of sp³-hybridized carbons (Fsp3) is 0.545. The van der Waals surface area contributed by atoms with Crippen molar-refractivity contribution in [2.75, 3.05) is 0 Å². The molecular formula is C11H18N2O. The second kappa shape index (κ2) is 5.60. The fourth-order valence-corrected chi connectivity index (χ4v) is 1.34. The molecule has 1 aromatic rings. The Balaban J connectivity index is 2.65. The van der Waals surface area contributed by atoms with Gasteiger partial charge in [0.25, 0.3) is 0 Å². The highest BCUT2D eigenvalue weighted by molar-refractivity contribution is 5.25. The summed E-state index contributed by atoms with van der Waals surface area (Å²) in [5.74, 6) is 0.677. The van der Waals surface area contributed by atoms with E-state index in [0.29, 0.717) is 12.4 Å². The predicted molar refractivity (Wildman–Crippen MR) is 57.1 cm³/mol. The Morgan fingerprint density at radius 1 is 1.57 bits per heavy atom. The summed E-state index contributed by atoms with van der Waals surface area (Å²) in [4.78, 5) is 4.17. The highest BCUT2D eigenvalue weighted by Gasteiger charge is 2.07. The first kappa shape index (κ1) is 11.0. The Kier molecular flexibility index (Phi) is 4.40. The van der Waals surface area contributed by atoms with Gasteiger partial charge in [0.05, 0.1) is 6.10 Å². The van der Waals surface area contributed by atoms with Gasteiger partial charge in [-0.15, -0.1) is 0 Å². The maximum absolute atomic E-state index is 5.69. The summed E-state index contributed by atoms with van der Waals surface area (Å²) in [6.07, 6.45) is 4.10. The number of hydrogen-bond acceptors (Lipinski definition) is 3. The number of pyridine rings is 1. The molecule has 0 aliphatic carbocycles. The average molecular weight is 194 g/mol. The number of ether oxygens (including phenoxy) is 1. The molecule has 0 radical (unpaired) electrons. The van der Waals surface area contributed by atoms with E-state index >= 15 is 0 Å². The van der Waals surface area contributed by atoms with Crippen LogP contribution in [0.1, 0.15) is 32.3 Å². The third-order valence-corrected chi connectivity index (χ3v) is 2.08. The van der Waals surface area contributed by atoms with Crippen LogP contribution < -0.4 is 10.5 Å². The van der Waals surface area contributed by atoms with Gasteiger partial charge in [0, 0.05) is 18.3 Å². The van der Waals surface area contributed by atoms with Crippen LogP contribution in [0.25, 0.3) is 0 Å². The van der Waals surface area contributed by atoms with Gasteiger partial charge in [0.15, 0.2) is 0 Å². The van der Waals surface area contributed by atoms with Crippen molar-refractivity contribution in [2.45, 2.75) is 39.3 Å². The highest BCUT2D eigenvalue weighted by atomic mass is 16.5. The first-order chi connectivity index (χ1) is 6.77. The van der Waals surface area contributed by atoms with E-state index in [1.165, 1.54) is 0 Å². The van der Waals surface area contributed by atoms with Gasteiger partial charge < -0.3 is 10.5 Å². The quantitative estimate of drug-likeness (QED) is 0.781. The Bertz CT molecular complexity index is 276. The predicted octanol–water partition coefficient (Wildman–Crippen LogP) is 2.11. The van der Waals surface area contributed by atoms with Crippen molar-refractivity contribution in [1.82, 2.24) is 4.98 Å². The standard InChI is InChI=1S/C11H18N2O/c1-3-5-9(2)14-11-10(8-12)6-4-7-13-11/h4,6-7,9H,3,5,8,12H2,1-2H3. The fourth-order valence-electron chi connectivity index (χ4n) is 1.34. The van der Waals surface area contributed by atoms with Gasteiger partial charge in [-0.3, -0.25) is 0 Å². The maximum Gasteiger partial charge on any atom is 0.218 e. The number of rotatable bonds is 5. The lowest BCUT2D eigenvalue weighted by Gasteiger charge is -2.14. The van der Waals surface area contributed by atoms with Crippen LogP contribution in [-0.4, -0.2) is 11.1 Å². The van der Waals surface area contributed by atoms with E-state index in [4.69, 9.17) is 10.5 Å². The first-order valence-electron chi connectivity index (χ1n) is 5.08. The van der Waals surface area contributed by atoms with E-state index in [0.717, 1.165) is 18.4 Å². The topological polar surface area (TPSA) is 48.1 Å². The van der Waals surface area contributed by atoms with Crippen molar-refractivity contribution in [3.8, 4) is 5.88 Å². The molecule has 0 aromatic carbocycles. The lowest BCUT2D eigenvalue weighted by Crippen LogP contribution is -2.14. The summed E-state index contributed by atoms with van der Waals surface area (Å²) in [6.45, 7) is 4.67. The van der Waals surface area contributed by atoms with Gasteiger partial charge >= 0.3 is 0 Å². The van der Waals surface area contributed by atoms with Crippen molar-refractivity contribution < 1.29 is 4.74 Å². The molecule has 2 N–H and O–H groups in total. The Labute approximate surface area is 85.3 Å². The molecule has 0 saturated heterocycles. The van der Waals surface area contributed by atoms with E-state index in [1.54, 1.807) is 6.20 Å². The van der Waals surface area contributed by atoms with Gasteiger partial charge in [-0.2, -0.15) is 0 Å². The van der Waals surface area contributed by atoms with Crippen molar-refractivity contribution in [2.24, 2.45) is 5.73 Å². The average Bonchev–Trinajstić information content (AvgIpc) is 2.19. The molecule has 1 aromatic heterocycles. The van der Waals surface area contributed by atoms with Gasteiger partial charge in [-0.25, -0.2) is 4.98 Å². The largest absolute Gasteiger partial charge is 0.474 e. The van der Waals surface area contributed by atoms with Crippen LogP contribution in [0.3, 0.4) is 0 Å². The molecule has 1 rings (SSSR count). The summed E-state index contributed by atoms with van der Waals surface area (Å²) in [5.41, 5.74) is 6.55. The van der Waals surface area contributed by atoms with Gasteiger partial charge in [-0.05, 0) is 19.4 Å². The minimum absolute atomic E-state index is 0.209. The van der Waals surface area contributed by atoms with E-state index in [9.17, 15) is 0 Å². The highest BCUT2D eigenvalue weighted by Crippen LogP contribution is 2.16. The zero-order valence-corrected chi connectivity index (χ0v) is 8.86. The summed E-state index contributed by atoms with van der Waals surface area (Å²) in [5, 5.41) is 0. The molecule has 0 fully saturated rings. The third-order valence-electron chi connectivity index (χ3n) is 2.08. The van der Waals surface area contributed by atoms with Gasteiger partial charge in [0.2, 0.25) is 5.88 Å². The number of aromatic nitrogens is 1. The van der Waals surface area contributed by atoms with Crippen molar-refractivity contribution in [3.63, 3.8) is 0 Å². The van der Waals surface area contributed by atoms with Crippen molar-refractivity contribution >= 4 is 0 Å². The van der Waals surface area contributed by atoms with E-state index in [1.807, 2.05) is 12.1 Å². The summed E-state index contributed by atoms with van der Waals surface area (Å²) >= 11 is 0. The molecule has 0 saturated carbocycles. The molecule has 1 unspecified atom stereocenters. The molecule has 1 atom stereocenters. The Hall–Kier alpha value is -1.09. The zero-order valence-electron chi connectivity index (χ0n) is 8.86. The molecule has 3 nitrogen and oxygen atoms in total. The van der Waals surface area contributed by atoms with Crippen LogP contribution >= 0.6 is 0 Å². The van der Waals surface area contributed by atoms with Gasteiger partial charge in [0.1, 0.15) is 0 Å². The smallest absolute Gasteiger partial charge is 0.218 e. The van der Waals surface area contributed by atoms with Crippen molar-refractivity contribution in [3.05, 3.63) is 23.9 Å². The SMILES string of the molecule is CCCC(C)Oc1ncccc1CN. The molecule has 0 spiro atoms. The minimum Gasteiger partial charge on any atom is -0.474 e. The van der Waals surface area contributed by atoms with Crippen LogP contribution in [0.4, 0.5) is 0 Å². The van der Waals surface area contributed by atoms with Crippen LogP contribution in [0.15, 0.2) is 18.3 Å². The van der Waals surface area contributed by atoms with Crippen molar-refractivity contribution in [1.29, 1.82) is 0 Å². The maximum atomic E-state index is 5.69. The second-order valence-electron chi connectivity index (χ2n) is 3.39. The molecule has 0 aliphatic heterocycles. The third kappa shape index (κ3) is 3.00.